The normalized spacial score (nSPS) is 47.6. The second-order valence-corrected chi connectivity index (χ2v) is 5.02. The van der Waals surface area contributed by atoms with E-state index in [2.05, 4.69) is 6.92 Å². The molecule has 1 saturated carbocycles. The third-order valence-electron chi connectivity index (χ3n) is 4.27. The maximum atomic E-state index is 11.6. The Bertz CT molecular complexity index is 295. The van der Waals surface area contributed by atoms with E-state index < -0.39 is 5.60 Å². The standard InChI is InChI=1S/C12H18O2/c1-9-10(13)5-8-11(2)6-3-4-7-12(9,11)14/h4,7,9,14H,3,5-6,8H2,1-2H3/t9-,11+,12+/m0/s1. The third kappa shape index (κ3) is 1.10. The minimum absolute atomic E-state index is 0.0882. The zero-order chi connectivity index (χ0) is 10.4. The van der Waals surface area contributed by atoms with Crippen molar-refractivity contribution in [3.05, 3.63) is 12.2 Å². The van der Waals surface area contributed by atoms with Crippen LogP contribution in [0.25, 0.3) is 0 Å². The van der Waals surface area contributed by atoms with Gasteiger partial charge < -0.3 is 5.11 Å². The highest BCUT2D eigenvalue weighted by Gasteiger charge is 2.54. The van der Waals surface area contributed by atoms with Crippen LogP contribution in [0.2, 0.25) is 0 Å². The Morgan fingerprint density at radius 3 is 2.93 bits per heavy atom. The smallest absolute Gasteiger partial charge is 0.138 e. The van der Waals surface area contributed by atoms with Gasteiger partial charge in [-0.15, -0.1) is 0 Å². The average molecular weight is 194 g/mol. The van der Waals surface area contributed by atoms with Crippen LogP contribution in [0.4, 0.5) is 0 Å². The van der Waals surface area contributed by atoms with Crippen molar-refractivity contribution in [3.8, 4) is 0 Å². The molecule has 3 atom stereocenters. The predicted octanol–water partition coefficient (Wildman–Crippen LogP) is 2.07. The van der Waals surface area contributed by atoms with Crippen LogP contribution in [-0.4, -0.2) is 16.5 Å². The van der Waals surface area contributed by atoms with Gasteiger partial charge in [-0.2, -0.15) is 0 Å². The highest BCUT2D eigenvalue weighted by molar-refractivity contribution is 5.83. The molecule has 0 saturated heterocycles. The molecule has 1 N–H and O–H groups in total. The minimum Gasteiger partial charge on any atom is -0.384 e. The van der Waals surface area contributed by atoms with Gasteiger partial charge in [-0.25, -0.2) is 0 Å². The summed E-state index contributed by atoms with van der Waals surface area (Å²) in [4.78, 5) is 11.6. The van der Waals surface area contributed by atoms with E-state index in [4.69, 9.17) is 0 Å². The summed E-state index contributed by atoms with van der Waals surface area (Å²) in [6.07, 6.45) is 7.36. The fourth-order valence-electron chi connectivity index (χ4n) is 2.92. The molecule has 0 spiro atoms. The number of hydrogen-bond acceptors (Lipinski definition) is 2. The molecule has 0 aliphatic heterocycles. The van der Waals surface area contributed by atoms with E-state index in [-0.39, 0.29) is 17.1 Å². The second-order valence-electron chi connectivity index (χ2n) is 5.02. The highest BCUT2D eigenvalue weighted by Crippen LogP contribution is 2.51. The molecule has 2 heteroatoms. The Labute approximate surface area is 85.0 Å². The van der Waals surface area contributed by atoms with Gasteiger partial charge in [0.2, 0.25) is 0 Å². The Kier molecular flexibility index (Phi) is 2.07. The van der Waals surface area contributed by atoms with Gasteiger partial charge >= 0.3 is 0 Å². The Hall–Kier alpha value is -0.630. The molecule has 2 aliphatic carbocycles. The van der Waals surface area contributed by atoms with E-state index in [9.17, 15) is 9.90 Å². The fourth-order valence-corrected chi connectivity index (χ4v) is 2.92. The summed E-state index contributed by atoms with van der Waals surface area (Å²) in [7, 11) is 0. The topological polar surface area (TPSA) is 37.3 Å². The van der Waals surface area contributed by atoms with Crippen molar-refractivity contribution in [1.82, 2.24) is 0 Å². The number of Topliss-reactive ketones (excluding diaryl/α,β-unsaturated/α-hetero) is 1. The number of hydrogen-bond donors (Lipinski definition) is 1. The summed E-state index contributed by atoms with van der Waals surface area (Å²) in [6.45, 7) is 3.97. The van der Waals surface area contributed by atoms with Crippen molar-refractivity contribution >= 4 is 5.78 Å². The number of ketones is 1. The van der Waals surface area contributed by atoms with Crippen LogP contribution in [-0.2, 0) is 4.79 Å². The molecule has 14 heavy (non-hydrogen) atoms. The van der Waals surface area contributed by atoms with E-state index in [1.165, 1.54) is 0 Å². The number of allylic oxidation sites excluding steroid dienone is 1. The van der Waals surface area contributed by atoms with Gasteiger partial charge in [0, 0.05) is 17.8 Å². The first kappa shape index (κ1) is 9.91. The van der Waals surface area contributed by atoms with E-state index in [0.29, 0.717) is 6.42 Å². The van der Waals surface area contributed by atoms with Crippen LogP contribution in [0.5, 0.6) is 0 Å². The molecular formula is C12H18O2. The lowest BCUT2D eigenvalue weighted by Gasteiger charge is -2.51. The molecule has 2 aliphatic rings. The minimum atomic E-state index is -0.888. The highest BCUT2D eigenvalue weighted by atomic mass is 16.3. The number of carbonyl (C=O) groups is 1. The molecule has 0 aromatic rings. The quantitative estimate of drug-likeness (QED) is 0.599. The summed E-state index contributed by atoms with van der Waals surface area (Å²) in [5, 5.41) is 10.6. The van der Waals surface area contributed by atoms with Gasteiger partial charge in [-0.05, 0) is 19.3 Å². The first-order chi connectivity index (χ1) is 6.50. The second kappa shape index (κ2) is 2.93. The summed E-state index contributed by atoms with van der Waals surface area (Å²) in [5.41, 5.74) is -0.977. The predicted molar refractivity (Wildman–Crippen MR) is 54.8 cm³/mol. The largest absolute Gasteiger partial charge is 0.384 e. The van der Waals surface area contributed by atoms with E-state index in [1.807, 2.05) is 19.1 Å². The molecule has 78 valence electrons. The number of aliphatic hydroxyl groups is 1. The zero-order valence-electron chi connectivity index (χ0n) is 8.92. The third-order valence-corrected chi connectivity index (χ3v) is 4.27. The summed E-state index contributed by atoms with van der Waals surface area (Å²) in [6, 6.07) is 0. The van der Waals surface area contributed by atoms with Gasteiger partial charge in [-0.3, -0.25) is 4.79 Å². The lowest BCUT2D eigenvalue weighted by atomic mass is 9.56. The molecule has 0 heterocycles. The van der Waals surface area contributed by atoms with Crippen molar-refractivity contribution in [2.24, 2.45) is 11.3 Å². The van der Waals surface area contributed by atoms with Crippen LogP contribution in [0.1, 0.15) is 39.5 Å². The summed E-state index contributed by atoms with van der Waals surface area (Å²) < 4.78 is 0. The van der Waals surface area contributed by atoms with Gasteiger partial charge in [0.1, 0.15) is 5.78 Å². The van der Waals surface area contributed by atoms with Crippen molar-refractivity contribution < 1.29 is 9.90 Å². The SMILES string of the molecule is C[C@H]1C(=O)CC[C@@]2(C)CCC=C[C@@]12O. The average Bonchev–Trinajstić information content (AvgIpc) is 2.16. The molecule has 0 unspecified atom stereocenters. The van der Waals surface area contributed by atoms with Crippen LogP contribution < -0.4 is 0 Å². The van der Waals surface area contributed by atoms with Crippen molar-refractivity contribution in [2.45, 2.75) is 45.1 Å². The van der Waals surface area contributed by atoms with E-state index in [0.717, 1.165) is 19.3 Å². The molecule has 0 amide bonds. The Balaban J connectivity index is 2.43. The van der Waals surface area contributed by atoms with Gasteiger partial charge in [-0.1, -0.05) is 26.0 Å². The van der Waals surface area contributed by atoms with Crippen LogP contribution in [0.3, 0.4) is 0 Å². The maximum absolute atomic E-state index is 11.6. The first-order valence-electron chi connectivity index (χ1n) is 5.42. The Morgan fingerprint density at radius 2 is 2.21 bits per heavy atom. The first-order valence-corrected chi connectivity index (χ1v) is 5.42. The maximum Gasteiger partial charge on any atom is 0.138 e. The molecule has 0 aromatic heterocycles. The van der Waals surface area contributed by atoms with E-state index >= 15 is 0 Å². The van der Waals surface area contributed by atoms with Gasteiger partial charge in [0.05, 0.1) is 5.60 Å². The molecule has 2 rings (SSSR count). The summed E-state index contributed by atoms with van der Waals surface area (Å²) in [5.74, 6) is -0.0330. The summed E-state index contributed by atoms with van der Waals surface area (Å²) >= 11 is 0. The molecule has 1 fully saturated rings. The van der Waals surface area contributed by atoms with Crippen LogP contribution in [0.15, 0.2) is 12.2 Å². The lowest BCUT2D eigenvalue weighted by Crippen LogP contribution is -2.56. The monoisotopic (exact) mass is 194 g/mol. The molecule has 0 radical (unpaired) electrons. The fraction of sp³-hybridized carbons (Fsp3) is 0.750. The molecule has 0 bridgehead atoms. The van der Waals surface area contributed by atoms with Gasteiger partial charge in [0.25, 0.3) is 0 Å². The van der Waals surface area contributed by atoms with Crippen molar-refractivity contribution in [1.29, 1.82) is 0 Å². The number of fused-ring (bicyclic) bond motifs is 1. The molecule has 2 nitrogen and oxygen atoms in total. The van der Waals surface area contributed by atoms with Crippen molar-refractivity contribution in [2.75, 3.05) is 0 Å². The molecule has 0 aromatic carbocycles. The molecular weight excluding hydrogens is 176 g/mol. The van der Waals surface area contributed by atoms with Crippen LogP contribution >= 0.6 is 0 Å². The Morgan fingerprint density at radius 1 is 1.50 bits per heavy atom. The lowest BCUT2D eigenvalue weighted by molar-refractivity contribution is -0.151. The number of carbonyl (C=O) groups excluding carboxylic acids is 1. The number of rotatable bonds is 0. The van der Waals surface area contributed by atoms with Gasteiger partial charge in [0.15, 0.2) is 0 Å². The van der Waals surface area contributed by atoms with Crippen LogP contribution in [0, 0.1) is 11.3 Å². The van der Waals surface area contributed by atoms with Crippen molar-refractivity contribution in [3.63, 3.8) is 0 Å². The van der Waals surface area contributed by atoms with E-state index in [1.54, 1.807) is 0 Å². The zero-order valence-corrected chi connectivity index (χ0v) is 8.92.